The molecule has 1 heterocycles. The Balaban J connectivity index is 2.38. The van der Waals surface area contributed by atoms with Crippen LogP contribution in [-0.4, -0.2) is 56.1 Å². The van der Waals surface area contributed by atoms with E-state index in [1.807, 2.05) is 0 Å². The topological polar surface area (TPSA) is 49.5 Å². The molecule has 1 rings (SSSR count). The van der Waals surface area contributed by atoms with E-state index >= 15 is 0 Å². The summed E-state index contributed by atoms with van der Waals surface area (Å²) in [7, 11) is 3.72. The highest BCUT2D eigenvalue weighted by Gasteiger charge is 2.33. The zero-order valence-electron chi connectivity index (χ0n) is 10.5. The summed E-state index contributed by atoms with van der Waals surface area (Å²) >= 11 is 0. The predicted octanol–water partition coefficient (Wildman–Crippen LogP) is -0.186. The number of hydrogen-bond donors (Lipinski definition) is 0. The van der Waals surface area contributed by atoms with Gasteiger partial charge in [-0.25, -0.2) is 0 Å². The van der Waals surface area contributed by atoms with Gasteiger partial charge >= 0.3 is 0 Å². The predicted molar refractivity (Wildman–Crippen MR) is 62.2 cm³/mol. The molecule has 0 N–H and O–H groups in total. The van der Waals surface area contributed by atoms with Gasteiger partial charge in [-0.05, 0) is 6.42 Å². The second kappa shape index (κ2) is 6.68. The average molecular weight is 250 g/mol. The van der Waals surface area contributed by atoms with Crippen LogP contribution in [0.4, 0.5) is 0 Å². The van der Waals surface area contributed by atoms with Crippen LogP contribution in [0.5, 0.6) is 0 Å². The van der Waals surface area contributed by atoms with Crippen molar-refractivity contribution in [1.82, 2.24) is 0 Å². The Labute approximate surface area is 99.9 Å². The number of hydrogen-bond acceptors (Lipinski definition) is 5. The van der Waals surface area contributed by atoms with Gasteiger partial charge in [-0.2, -0.15) is 0 Å². The van der Waals surface area contributed by atoms with Gasteiger partial charge < -0.3 is 23.4 Å². The van der Waals surface area contributed by atoms with Gasteiger partial charge in [-0.15, -0.1) is 0 Å². The minimum Gasteiger partial charge on any atom is -0.380 e. The Bertz CT molecular complexity index is 185. The monoisotopic (exact) mass is 250 g/mol. The average Bonchev–Trinajstić information content (AvgIpc) is 3.14. The van der Waals surface area contributed by atoms with E-state index in [1.54, 1.807) is 14.2 Å². The van der Waals surface area contributed by atoms with Crippen LogP contribution in [0.15, 0.2) is 0 Å². The third-order valence-corrected chi connectivity index (χ3v) is 3.41. The van der Waals surface area contributed by atoms with Crippen molar-refractivity contribution in [2.24, 2.45) is 0 Å². The first-order chi connectivity index (χ1) is 7.69. The lowest BCUT2D eigenvalue weighted by Crippen LogP contribution is -2.40. The lowest BCUT2D eigenvalue weighted by molar-refractivity contribution is -0.333. The van der Waals surface area contributed by atoms with Crippen LogP contribution in [0.25, 0.3) is 0 Å². The number of rotatable bonds is 9. The van der Waals surface area contributed by atoms with Crippen molar-refractivity contribution in [3.05, 3.63) is 0 Å². The summed E-state index contributed by atoms with van der Waals surface area (Å²) in [6.07, 6.45) is 1.82. The normalized spacial score (nSPS) is 22.3. The summed E-state index contributed by atoms with van der Waals surface area (Å²) in [4.78, 5) is 0. The fraction of sp³-hybridized carbons (Fsp3) is 1.00. The molecule has 5 nitrogen and oxygen atoms in total. The molecule has 0 aromatic rings. The van der Waals surface area contributed by atoms with Gasteiger partial charge in [0.2, 0.25) is 0 Å². The summed E-state index contributed by atoms with van der Waals surface area (Å²) in [5.74, 6) is -0.947. The highest BCUT2D eigenvalue weighted by Crippen LogP contribution is 2.23. The fourth-order valence-corrected chi connectivity index (χ4v) is 2.01. The molecule has 0 aliphatic carbocycles. The molecule has 16 heavy (non-hydrogen) atoms. The molecule has 0 aromatic heterocycles. The van der Waals surface area contributed by atoms with E-state index in [2.05, 4.69) is 6.92 Å². The third kappa shape index (κ3) is 4.12. The molecule has 2 atom stereocenters. The highest BCUT2D eigenvalue weighted by atomic mass is 28.2. The SMILES string of the molecule is CCC(CC(OC)(OC)O[SiH3])OCC1CO1. The van der Waals surface area contributed by atoms with Gasteiger partial charge in [0.05, 0.1) is 25.7 Å². The second-order valence-electron chi connectivity index (χ2n) is 3.82. The van der Waals surface area contributed by atoms with Gasteiger partial charge in [0.1, 0.15) is 6.10 Å². The van der Waals surface area contributed by atoms with Crippen molar-refractivity contribution in [3.8, 4) is 0 Å². The van der Waals surface area contributed by atoms with Gasteiger partial charge in [-0.1, -0.05) is 6.92 Å². The highest BCUT2D eigenvalue weighted by molar-refractivity contribution is 5.98. The Hall–Kier alpha value is 0.0169. The smallest absolute Gasteiger partial charge is 0.274 e. The lowest BCUT2D eigenvalue weighted by Gasteiger charge is -2.32. The van der Waals surface area contributed by atoms with Gasteiger partial charge in [0, 0.05) is 14.2 Å². The van der Waals surface area contributed by atoms with Crippen LogP contribution < -0.4 is 0 Å². The second-order valence-corrected chi connectivity index (χ2v) is 4.23. The number of epoxide rings is 1. The standard InChI is InChI=1S/C10H22O5Si/c1-4-8(13-6-9-7-14-9)5-10(11-2,12-3)15-16/h8-9H,4-7H2,1-3,16H3. The van der Waals surface area contributed by atoms with Crippen molar-refractivity contribution in [2.75, 3.05) is 27.4 Å². The number of ether oxygens (including phenoxy) is 4. The van der Waals surface area contributed by atoms with Crippen molar-refractivity contribution in [2.45, 2.75) is 37.9 Å². The van der Waals surface area contributed by atoms with E-state index in [9.17, 15) is 0 Å². The van der Waals surface area contributed by atoms with Crippen LogP contribution in [-0.2, 0) is 23.4 Å². The molecule has 1 aliphatic heterocycles. The van der Waals surface area contributed by atoms with Crippen LogP contribution in [0.1, 0.15) is 19.8 Å². The zero-order valence-corrected chi connectivity index (χ0v) is 12.5. The molecular weight excluding hydrogens is 228 g/mol. The van der Waals surface area contributed by atoms with E-state index < -0.39 is 5.97 Å². The third-order valence-electron chi connectivity index (χ3n) is 2.79. The summed E-state index contributed by atoms with van der Waals surface area (Å²) < 4.78 is 26.7. The van der Waals surface area contributed by atoms with Gasteiger partial charge in [-0.3, -0.25) is 0 Å². The molecule has 1 saturated heterocycles. The summed E-state index contributed by atoms with van der Waals surface area (Å²) in [5, 5.41) is 0. The van der Waals surface area contributed by atoms with E-state index in [0.717, 1.165) is 13.0 Å². The first-order valence-corrected chi connectivity index (χ1v) is 6.40. The van der Waals surface area contributed by atoms with E-state index in [0.29, 0.717) is 23.5 Å². The molecule has 0 bridgehead atoms. The maximum atomic E-state index is 5.73. The maximum absolute atomic E-state index is 5.73. The summed E-state index contributed by atoms with van der Waals surface area (Å²) in [6, 6.07) is 0. The molecule has 96 valence electrons. The van der Waals surface area contributed by atoms with Crippen LogP contribution in [0, 0.1) is 0 Å². The number of methoxy groups -OCH3 is 2. The van der Waals surface area contributed by atoms with Crippen LogP contribution in [0.2, 0.25) is 0 Å². The molecule has 1 fully saturated rings. The first-order valence-electron chi connectivity index (χ1n) is 5.58. The largest absolute Gasteiger partial charge is 0.380 e. The Morgan fingerprint density at radius 3 is 2.44 bits per heavy atom. The molecule has 0 saturated carbocycles. The lowest BCUT2D eigenvalue weighted by atomic mass is 10.1. The minimum absolute atomic E-state index is 0.0676. The maximum Gasteiger partial charge on any atom is 0.274 e. The summed E-state index contributed by atoms with van der Waals surface area (Å²) in [6.45, 7) is 3.53. The van der Waals surface area contributed by atoms with Crippen molar-refractivity contribution in [1.29, 1.82) is 0 Å². The molecular formula is C10H22O5Si. The summed E-state index contributed by atoms with van der Waals surface area (Å²) in [5.41, 5.74) is 0. The molecule has 2 unspecified atom stereocenters. The van der Waals surface area contributed by atoms with E-state index in [1.165, 1.54) is 0 Å². The Morgan fingerprint density at radius 2 is 2.06 bits per heavy atom. The molecule has 6 heteroatoms. The van der Waals surface area contributed by atoms with E-state index in [-0.39, 0.29) is 12.2 Å². The van der Waals surface area contributed by atoms with Crippen molar-refractivity contribution in [3.63, 3.8) is 0 Å². The molecule has 0 spiro atoms. The Morgan fingerprint density at radius 1 is 1.44 bits per heavy atom. The molecule has 0 radical (unpaired) electrons. The van der Waals surface area contributed by atoms with Gasteiger partial charge in [0.15, 0.2) is 10.5 Å². The van der Waals surface area contributed by atoms with Crippen LogP contribution in [0.3, 0.4) is 0 Å². The molecule has 1 aliphatic rings. The van der Waals surface area contributed by atoms with Gasteiger partial charge in [0.25, 0.3) is 5.97 Å². The molecule has 0 aromatic carbocycles. The zero-order chi connectivity index (χ0) is 12.0. The minimum atomic E-state index is -0.947. The van der Waals surface area contributed by atoms with E-state index in [4.69, 9.17) is 23.4 Å². The van der Waals surface area contributed by atoms with Crippen molar-refractivity contribution >= 4 is 10.5 Å². The Kier molecular flexibility index (Phi) is 5.88. The molecule has 0 amide bonds. The first kappa shape index (κ1) is 14.1. The quantitative estimate of drug-likeness (QED) is 0.323. The van der Waals surface area contributed by atoms with Crippen LogP contribution >= 0.6 is 0 Å². The fourth-order valence-electron chi connectivity index (χ4n) is 1.51. The van der Waals surface area contributed by atoms with Crippen molar-refractivity contribution < 1.29 is 23.4 Å².